The van der Waals surface area contributed by atoms with Crippen molar-refractivity contribution in [3.8, 4) is 0 Å². The highest BCUT2D eigenvalue weighted by Gasteiger charge is 2.33. The average Bonchev–Trinajstić information content (AvgIpc) is 2.17. The van der Waals surface area contributed by atoms with Crippen LogP contribution in [0.1, 0.15) is 19.3 Å². The minimum Gasteiger partial charge on any atom is -0.469 e. The van der Waals surface area contributed by atoms with Crippen molar-refractivity contribution >= 4 is 5.97 Å². The van der Waals surface area contributed by atoms with Gasteiger partial charge in [-0.1, -0.05) is 0 Å². The zero-order valence-electron chi connectivity index (χ0n) is 8.03. The van der Waals surface area contributed by atoms with Crippen molar-refractivity contribution in [2.24, 2.45) is 5.92 Å². The number of methoxy groups -OCH3 is 2. The second-order valence-electron chi connectivity index (χ2n) is 3.37. The van der Waals surface area contributed by atoms with Gasteiger partial charge in [-0.3, -0.25) is 4.79 Å². The number of hydrogen-bond donors (Lipinski definition) is 1. The molecule has 0 bridgehead atoms. The van der Waals surface area contributed by atoms with Crippen LogP contribution in [0.4, 0.5) is 0 Å². The fourth-order valence-electron chi connectivity index (χ4n) is 1.75. The minimum atomic E-state index is -0.439. The molecule has 76 valence electrons. The van der Waals surface area contributed by atoms with Gasteiger partial charge in [0.15, 0.2) is 0 Å². The van der Waals surface area contributed by atoms with E-state index in [2.05, 4.69) is 4.74 Å². The minimum absolute atomic E-state index is 0.113. The van der Waals surface area contributed by atoms with Gasteiger partial charge in [-0.2, -0.15) is 0 Å². The average molecular weight is 188 g/mol. The van der Waals surface area contributed by atoms with E-state index in [1.165, 1.54) is 7.11 Å². The van der Waals surface area contributed by atoms with E-state index in [4.69, 9.17) is 4.74 Å². The number of rotatable bonds is 2. The number of carbonyl (C=O) groups excluding carboxylic acids is 1. The summed E-state index contributed by atoms with van der Waals surface area (Å²) in [6, 6.07) is 0. The molecule has 13 heavy (non-hydrogen) atoms. The van der Waals surface area contributed by atoms with Gasteiger partial charge in [0.2, 0.25) is 0 Å². The van der Waals surface area contributed by atoms with Crippen LogP contribution < -0.4 is 0 Å². The Hall–Kier alpha value is -0.610. The molecule has 1 N–H and O–H groups in total. The van der Waals surface area contributed by atoms with Crippen LogP contribution in [-0.2, 0) is 14.3 Å². The standard InChI is InChI=1S/C9H16O4/c1-12-8-5-6(9(11)13-2)3-4-7(8)10/h6-8,10H,3-5H2,1-2H3/t6-,7-,8-/m0/s1. The topological polar surface area (TPSA) is 55.8 Å². The van der Waals surface area contributed by atoms with Crippen LogP contribution in [0.5, 0.6) is 0 Å². The molecular formula is C9H16O4. The van der Waals surface area contributed by atoms with Crippen LogP contribution >= 0.6 is 0 Å². The molecule has 0 radical (unpaired) electrons. The molecule has 4 nitrogen and oxygen atoms in total. The van der Waals surface area contributed by atoms with E-state index in [-0.39, 0.29) is 18.0 Å². The zero-order valence-corrected chi connectivity index (χ0v) is 8.03. The van der Waals surface area contributed by atoms with Gasteiger partial charge >= 0.3 is 5.97 Å². The summed E-state index contributed by atoms with van der Waals surface area (Å²) in [6.45, 7) is 0. The molecule has 4 heteroatoms. The molecular weight excluding hydrogens is 172 g/mol. The van der Waals surface area contributed by atoms with Crippen molar-refractivity contribution in [3.05, 3.63) is 0 Å². The van der Waals surface area contributed by atoms with Gasteiger partial charge in [-0.25, -0.2) is 0 Å². The van der Waals surface area contributed by atoms with Crippen LogP contribution in [0, 0.1) is 5.92 Å². The van der Waals surface area contributed by atoms with Crippen LogP contribution in [0.25, 0.3) is 0 Å². The molecule has 0 aromatic carbocycles. The molecule has 1 aliphatic carbocycles. The summed E-state index contributed by atoms with van der Waals surface area (Å²) in [5.74, 6) is -0.313. The maximum Gasteiger partial charge on any atom is 0.308 e. The number of aliphatic hydroxyl groups is 1. The summed E-state index contributed by atoms with van der Waals surface area (Å²) in [5.41, 5.74) is 0. The Morgan fingerprint density at radius 1 is 1.38 bits per heavy atom. The third-order valence-corrected chi connectivity index (χ3v) is 2.59. The van der Waals surface area contributed by atoms with E-state index in [1.54, 1.807) is 7.11 Å². The van der Waals surface area contributed by atoms with Crippen LogP contribution in [0.2, 0.25) is 0 Å². The predicted octanol–water partition coefficient (Wildman–Crippen LogP) is 0.335. The highest BCUT2D eigenvalue weighted by molar-refractivity contribution is 5.72. The molecule has 1 rings (SSSR count). The Balaban J connectivity index is 2.49. The summed E-state index contributed by atoms with van der Waals surface area (Å²) >= 11 is 0. The third kappa shape index (κ3) is 2.42. The molecule has 3 atom stereocenters. The van der Waals surface area contributed by atoms with Crippen LogP contribution in [-0.4, -0.2) is 37.5 Å². The maximum absolute atomic E-state index is 11.2. The van der Waals surface area contributed by atoms with Gasteiger partial charge in [-0.15, -0.1) is 0 Å². The summed E-state index contributed by atoms with van der Waals surface area (Å²) in [6.07, 6.45) is 1.19. The van der Waals surface area contributed by atoms with Crippen molar-refractivity contribution in [1.29, 1.82) is 0 Å². The van der Waals surface area contributed by atoms with E-state index in [0.717, 1.165) is 0 Å². The SMILES string of the molecule is COC(=O)[C@H]1CC[C@H](O)[C@@H](OC)C1. The smallest absolute Gasteiger partial charge is 0.308 e. The van der Waals surface area contributed by atoms with E-state index in [0.29, 0.717) is 19.3 Å². The summed E-state index contributed by atoms with van der Waals surface area (Å²) in [4.78, 5) is 11.2. The Morgan fingerprint density at radius 3 is 2.62 bits per heavy atom. The van der Waals surface area contributed by atoms with Gasteiger partial charge in [0.05, 0.1) is 25.2 Å². The first kappa shape index (κ1) is 10.5. The molecule has 0 spiro atoms. The highest BCUT2D eigenvalue weighted by atomic mass is 16.5. The summed E-state index contributed by atoms with van der Waals surface area (Å²) < 4.78 is 9.71. The van der Waals surface area contributed by atoms with Crippen molar-refractivity contribution in [3.63, 3.8) is 0 Å². The van der Waals surface area contributed by atoms with Crippen molar-refractivity contribution < 1.29 is 19.4 Å². The van der Waals surface area contributed by atoms with Gasteiger partial charge in [0.25, 0.3) is 0 Å². The lowest BCUT2D eigenvalue weighted by Crippen LogP contribution is -2.38. The molecule has 0 aliphatic heterocycles. The van der Waals surface area contributed by atoms with Gasteiger partial charge < -0.3 is 14.6 Å². The molecule has 1 aliphatic rings. The maximum atomic E-state index is 11.2. The molecule has 0 unspecified atom stereocenters. The Kier molecular flexibility index (Phi) is 3.69. The lowest BCUT2D eigenvalue weighted by molar-refractivity contribution is -0.150. The lowest BCUT2D eigenvalue weighted by Gasteiger charge is -2.30. The van der Waals surface area contributed by atoms with E-state index in [9.17, 15) is 9.90 Å². The van der Waals surface area contributed by atoms with E-state index >= 15 is 0 Å². The first-order valence-electron chi connectivity index (χ1n) is 4.47. The molecule has 0 amide bonds. The zero-order chi connectivity index (χ0) is 9.84. The first-order chi connectivity index (χ1) is 6.19. The second-order valence-corrected chi connectivity index (χ2v) is 3.37. The first-order valence-corrected chi connectivity index (χ1v) is 4.47. The molecule has 1 saturated carbocycles. The Bertz CT molecular complexity index is 180. The van der Waals surface area contributed by atoms with Crippen LogP contribution in [0.15, 0.2) is 0 Å². The Morgan fingerprint density at radius 2 is 2.08 bits per heavy atom. The van der Waals surface area contributed by atoms with Crippen LogP contribution in [0.3, 0.4) is 0 Å². The molecule has 0 aromatic heterocycles. The predicted molar refractivity (Wildman–Crippen MR) is 46.2 cm³/mol. The third-order valence-electron chi connectivity index (χ3n) is 2.59. The van der Waals surface area contributed by atoms with Crippen molar-refractivity contribution in [2.75, 3.05) is 14.2 Å². The molecule has 0 saturated heterocycles. The number of aliphatic hydroxyl groups excluding tert-OH is 1. The number of carbonyl (C=O) groups is 1. The molecule has 0 heterocycles. The largest absolute Gasteiger partial charge is 0.469 e. The van der Waals surface area contributed by atoms with E-state index in [1.807, 2.05) is 0 Å². The molecule has 0 aromatic rings. The monoisotopic (exact) mass is 188 g/mol. The fourth-order valence-corrected chi connectivity index (χ4v) is 1.75. The number of hydrogen-bond acceptors (Lipinski definition) is 4. The van der Waals surface area contributed by atoms with Gasteiger partial charge in [-0.05, 0) is 19.3 Å². The summed E-state index contributed by atoms with van der Waals surface area (Å²) in [5, 5.41) is 9.46. The van der Waals surface area contributed by atoms with Gasteiger partial charge in [0, 0.05) is 7.11 Å². The normalized spacial score (nSPS) is 34.2. The fraction of sp³-hybridized carbons (Fsp3) is 0.889. The summed E-state index contributed by atoms with van der Waals surface area (Å²) in [7, 11) is 2.93. The Labute approximate surface area is 77.8 Å². The molecule has 1 fully saturated rings. The lowest BCUT2D eigenvalue weighted by atomic mass is 9.85. The van der Waals surface area contributed by atoms with Gasteiger partial charge in [0.1, 0.15) is 0 Å². The quantitative estimate of drug-likeness (QED) is 0.635. The number of ether oxygens (including phenoxy) is 2. The highest BCUT2D eigenvalue weighted by Crippen LogP contribution is 2.27. The van der Waals surface area contributed by atoms with E-state index < -0.39 is 6.10 Å². The van der Waals surface area contributed by atoms with Crippen molar-refractivity contribution in [1.82, 2.24) is 0 Å². The number of esters is 1. The van der Waals surface area contributed by atoms with Crippen molar-refractivity contribution in [2.45, 2.75) is 31.5 Å². The second kappa shape index (κ2) is 4.58.